The first-order chi connectivity index (χ1) is 20.4. The highest BCUT2D eigenvalue weighted by Gasteiger charge is 2.36. The number of hydrazine groups is 1. The molecule has 11 nitrogen and oxygen atoms in total. The Morgan fingerprint density at radius 1 is 0.929 bits per heavy atom. The Morgan fingerprint density at radius 3 is 2.26 bits per heavy atom. The number of carboxylic acid groups (broad SMARTS) is 1. The van der Waals surface area contributed by atoms with E-state index in [1.54, 1.807) is 24.5 Å². The molecule has 1 fully saturated rings. The first-order valence-electron chi connectivity index (χ1n) is 13.1. The second-order valence-corrected chi connectivity index (χ2v) is 9.91. The summed E-state index contributed by atoms with van der Waals surface area (Å²) in [5.41, 5.74) is 7.98. The summed E-state index contributed by atoms with van der Waals surface area (Å²) in [5, 5.41) is 14.0. The van der Waals surface area contributed by atoms with Crippen LogP contribution in [-0.2, 0) is 4.79 Å². The Labute approximate surface area is 244 Å². The van der Waals surface area contributed by atoms with Crippen LogP contribution in [0.15, 0.2) is 83.6 Å². The molecule has 42 heavy (non-hydrogen) atoms. The quantitative estimate of drug-likeness (QED) is 0.183. The number of nitrogens with one attached hydrogen (secondary N) is 2. The fraction of sp³-hybridized carbons (Fsp3) is 0.133. The summed E-state index contributed by atoms with van der Waals surface area (Å²) >= 11 is 5.47. The highest BCUT2D eigenvalue weighted by molar-refractivity contribution is 6.15. The van der Waals surface area contributed by atoms with Gasteiger partial charge in [0.1, 0.15) is 11.7 Å². The molecule has 6 rings (SSSR count). The molecular weight excluding hydrogens is 560 g/mol. The number of nitrogens with zero attached hydrogens (tertiary/aromatic N) is 4. The highest BCUT2D eigenvalue weighted by Crippen LogP contribution is 2.29. The lowest BCUT2D eigenvalue weighted by Gasteiger charge is -2.19. The number of benzene rings is 2. The van der Waals surface area contributed by atoms with E-state index in [9.17, 15) is 19.5 Å². The molecule has 1 atom stereocenters. The molecule has 0 aliphatic carbocycles. The van der Waals surface area contributed by atoms with Gasteiger partial charge in [0.05, 0.1) is 16.8 Å². The maximum Gasteiger partial charge on any atom is 0.326 e. The maximum absolute atomic E-state index is 12.8. The fourth-order valence-electron chi connectivity index (χ4n) is 5.10. The van der Waals surface area contributed by atoms with Crippen LogP contribution in [0.3, 0.4) is 0 Å². The molecule has 12 heteroatoms. The Balaban J connectivity index is 1.21. The molecule has 1 aliphatic rings. The first-order valence-corrected chi connectivity index (χ1v) is 13.4. The molecule has 0 saturated carbocycles. The molecule has 4 heterocycles. The summed E-state index contributed by atoms with van der Waals surface area (Å²) in [7, 11) is 0. The highest BCUT2D eigenvalue weighted by atomic mass is 35.5. The van der Waals surface area contributed by atoms with E-state index >= 15 is 0 Å². The number of carbonyl (C=O) groups excluding carboxylic acids is 2. The van der Waals surface area contributed by atoms with Crippen molar-refractivity contribution < 1.29 is 24.0 Å². The third-order valence-corrected chi connectivity index (χ3v) is 7.32. The van der Waals surface area contributed by atoms with Crippen LogP contribution in [-0.4, -0.2) is 55.5 Å². The molecule has 3 aromatic heterocycles. The molecule has 210 valence electrons. The van der Waals surface area contributed by atoms with Gasteiger partial charge in [0.25, 0.3) is 11.8 Å². The van der Waals surface area contributed by atoms with E-state index in [1.165, 1.54) is 11.0 Å². The van der Waals surface area contributed by atoms with Gasteiger partial charge in [-0.15, -0.1) is 4.94 Å². The molecule has 2 aromatic carbocycles. The maximum atomic E-state index is 12.8. The van der Waals surface area contributed by atoms with Crippen molar-refractivity contribution >= 4 is 40.5 Å². The van der Waals surface area contributed by atoms with Crippen molar-refractivity contribution in [3.63, 3.8) is 0 Å². The van der Waals surface area contributed by atoms with Crippen LogP contribution in [0, 0.1) is 0 Å². The van der Waals surface area contributed by atoms with E-state index in [0.717, 1.165) is 22.3 Å². The van der Waals surface area contributed by atoms with Gasteiger partial charge in [0.15, 0.2) is 0 Å². The number of aromatic nitrogens is 3. The normalized spacial score (nSPS) is 14.7. The van der Waals surface area contributed by atoms with Crippen molar-refractivity contribution in [1.29, 1.82) is 0 Å². The minimum Gasteiger partial charge on any atom is -0.480 e. The van der Waals surface area contributed by atoms with Gasteiger partial charge in [-0.3, -0.25) is 20.0 Å². The molecule has 2 amide bonds. The lowest BCUT2D eigenvalue weighted by molar-refractivity contribution is -0.141. The summed E-state index contributed by atoms with van der Waals surface area (Å²) in [6, 6.07) is 19.5. The number of aliphatic carboxylic acids is 1. The molecule has 1 saturated heterocycles. The minimum absolute atomic E-state index is 0.0101. The third kappa shape index (κ3) is 5.18. The average molecular weight is 583 g/mol. The lowest BCUT2D eigenvalue weighted by Crippen LogP contribution is -2.40. The molecule has 0 spiro atoms. The molecule has 3 N–H and O–H groups in total. The summed E-state index contributed by atoms with van der Waals surface area (Å²) in [4.78, 5) is 49.1. The summed E-state index contributed by atoms with van der Waals surface area (Å²) in [6.45, 7) is 0.371. The van der Waals surface area contributed by atoms with Crippen LogP contribution in [0.25, 0.3) is 44.5 Å². The Morgan fingerprint density at radius 2 is 1.60 bits per heavy atom. The van der Waals surface area contributed by atoms with E-state index in [-0.39, 0.29) is 5.76 Å². The van der Waals surface area contributed by atoms with Gasteiger partial charge < -0.3 is 14.5 Å². The van der Waals surface area contributed by atoms with Gasteiger partial charge in [-0.25, -0.2) is 9.78 Å². The summed E-state index contributed by atoms with van der Waals surface area (Å²) < 4.78 is 5.28. The van der Waals surface area contributed by atoms with E-state index in [1.807, 2.05) is 48.5 Å². The standard InChI is InChI=1S/C30H23ClN6O5/c31-36-34-28(38)21-14-24(33-23-11-12-32-16-22(21)23)19-7-3-17(4-8-19)18-5-9-20(10-6-18)25-15-27(42-35-25)29(39)37-13-1-2-26(37)30(40)41/h3-12,14-16,26,36H,1-2,13H2,(H,34,38)(H,40,41)/t26-/m1/s1. The predicted molar refractivity (Wildman–Crippen MR) is 154 cm³/mol. The molecular formula is C30H23ClN6O5. The van der Waals surface area contributed by atoms with Crippen LogP contribution in [0.5, 0.6) is 0 Å². The largest absolute Gasteiger partial charge is 0.480 e. The van der Waals surface area contributed by atoms with E-state index in [2.05, 4.69) is 20.5 Å². The van der Waals surface area contributed by atoms with Crippen LogP contribution >= 0.6 is 11.8 Å². The molecule has 1 aliphatic heterocycles. The smallest absolute Gasteiger partial charge is 0.326 e. The molecule has 0 radical (unpaired) electrons. The van der Waals surface area contributed by atoms with E-state index in [0.29, 0.717) is 47.2 Å². The number of rotatable bonds is 7. The number of carbonyl (C=O) groups is 3. The third-order valence-electron chi connectivity index (χ3n) is 7.23. The molecule has 0 bridgehead atoms. The van der Waals surface area contributed by atoms with Gasteiger partial charge in [-0.2, -0.15) is 0 Å². The van der Waals surface area contributed by atoms with E-state index < -0.39 is 23.8 Å². The first kappa shape index (κ1) is 27.1. The van der Waals surface area contributed by atoms with Gasteiger partial charge in [-0.05, 0) is 47.9 Å². The van der Waals surface area contributed by atoms with Crippen LogP contribution in [0.4, 0.5) is 0 Å². The van der Waals surface area contributed by atoms with E-state index in [4.69, 9.17) is 21.3 Å². The number of likely N-dealkylation sites (tertiary alicyclic amines) is 1. The topological polar surface area (TPSA) is 151 Å². The van der Waals surface area contributed by atoms with Gasteiger partial charge >= 0.3 is 5.97 Å². The van der Waals surface area contributed by atoms with Crippen molar-refractivity contribution in [2.24, 2.45) is 0 Å². The van der Waals surface area contributed by atoms with Crippen molar-refractivity contribution in [1.82, 2.24) is 30.4 Å². The Bertz CT molecular complexity index is 1810. The number of carboxylic acids is 1. The van der Waals surface area contributed by atoms with Crippen LogP contribution in [0.2, 0.25) is 0 Å². The lowest BCUT2D eigenvalue weighted by atomic mass is 9.99. The predicted octanol–water partition coefficient (Wildman–Crippen LogP) is 4.70. The van der Waals surface area contributed by atoms with Crippen molar-refractivity contribution in [2.45, 2.75) is 18.9 Å². The number of pyridine rings is 2. The van der Waals surface area contributed by atoms with Crippen molar-refractivity contribution in [3.8, 4) is 33.6 Å². The number of amides is 2. The Kier molecular flexibility index (Phi) is 7.34. The van der Waals surface area contributed by atoms with Crippen LogP contribution < -0.4 is 10.4 Å². The van der Waals surface area contributed by atoms with Crippen molar-refractivity contribution in [3.05, 3.63) is 90.4 Å². The molecule has 5 aromatic rings. The zero-order chi connectivity index (χ0) is 29.2. The Hall–Kier alpha value is -5.13. The average Bonchev–Trinajstić information content (AvgIpc) is 3.72. The second-order valence-electron chi connectivity index (χ2n) is 9.72. The number of halogens is 1. The summed E-state index contributed by atoms with van der Waals surface area (Å²) in [5.74, 6) is -1.90. The zero-order valence-corrected chi connectivity index (χ0v) is 22.7. The number of hydrogen-bond acceptors (Lipinski definition) is 8. The minimum atomic E-state index is -1.02. The second kappa shape index (κ2) is 11.4. The number of hydrogen-bond donors (Lipinski definition) is 3. The van der Waals surface area contributed by atoms with Gasteiger partial charge in [0, 0.05) is 41.5 Å². The van der Waals surface area contributed by atoms with Gasteiger partial charge in [0.2, 0.25) is 5.76 Å². The van der Waals surface area contributed by atoms with Gasteiger partial charge in [-0.1, -0.05) is 53.7 Å². The van der Waals surface area contributed by atoms with Crippen molar-refractivity contribution in [2.75, 3.05) is 6.54 Å². The zero-order valence-electron chi connectivity index (χ0n) is 22.0. The van der Waals surface area contributed by atoms with Crippen LogP contribution in [0.1, 0.15) is 33.8 Å². The SMILES string of the molecule is O=C(NNCl)c1cc(-c2ccc(-c3ccc(-c4cc(C(=O)N5CCC[C@@H]5C(=O)O)on4)cc3)cc2)nc2ccncc12. The summed E-state index contributed by atoms with van der Waals surface area (Å²) in [6.07, 6.45) is 4.26. The monoisotopic (exact) mass is 582 g/mol. The fourth-order valence-corrected chi connectivity index (χ4v) is 5.19. The molecule has 0 unspecified atom stereocenters. The number of fused-ring (bicyclic) bond motifs is 1.